The third-order valence-electron chi connectivity index (χ3n) is 2.78. The number of hydrogen-bond acceptors (Lipinski definition) is 5. The van der Waals surface area contributed by atoms with Crippen LogP contribution in [0.4, 0.5) is 5.82 Å². The van der Waals surface area contributed by atoms with Gasteiger partial charge < -0.3 is 5.32 Å². The summed E-state index contributed by atoms with van der Waals surface area (Å²) >= 11 is 0. The number of pyridine rings is 1. The molecule has 1 atom stereocenters. The Hall–Kier alpha value is -2.50. The van der Waals surface area contributed by atoms with E-state index in [0.29, 0.717) is 5.82 Å². The molecule has 0 amide bonds. The summed E-state index contributed by atoms with van der Waals surface area (Å²) in [6, 6.07) is 10.0. The fourth-order valence-corrected chi connectivity index (χ4v) is 1.86. The highest BCUT2D eigenvalue weighted by atomic mass is 15.5. The van der Waals surface area contributed by atoms with Crippen molar-refractivity contribution in [3.8, 4) is 0 Å². The number of hydrogen-bond donors (Lipinski definition) is 2. The highest BCUT2D eigenvalue weighted by Gasteiger charge is 2.11. The van der Waals surface area contributed by atoms with Crippen molar-refractivity contribution in [3.63, 3.8) is 0 Å². The van der Waals surface area contributed by atoms with Gasteiger partial charge in [-0.25, -0.2) is 4.98 Å². The number of nitrogens with one attached hydrogen (secondary N) is 2. The first kappa shape index (κ1) is 10.6. The third-order valence-corrected chi connectivity index (χ3v) is 2.78. The number of rotatable bonds is 3. The van der Waals surface area contributed by atoms with Gasteiger partial charge in [-0.05, 0) is 18.4 Å². The SMILES string of the molecule is CC(Nc1nccc2ccccc12)c1nn[nH]n1. The van der Waals surface area contributed by atoms with Crippen molar-refractivity contribution in [2.24, 2.45) is 0 Å². The van der Waals surface area contributed by atoms with Crippen LogP contribution in [0.15, 0.2) is 36.5 Å². The van der Waals surface area contributed by atoms with E-state index in [1.807, 2.05) is 31.2 Å². The Bertz CT molecular complexity index is 643. The second-order valence-corrected chi connectivity index (χ2v) is 4.02. The van der Waals surface area contributed by atoms with Gasteiger partial charge in [-0.15, -0.1) is 10.2 Å². The van der Waals surface area contributed by atoms with E-state index in [-0.39, 0.29) is 6.04 Å². The monoisotopic (exact) mass is 240 g/mol. The van der Waals surface area contributed by atoms with Gasteiger partial charge in [-0.1, -0.05) is 29.5 Å². The first-order valence-corrected chi connectivity index (χ1v) is 5.68. The van der Waals surface area contributed by atoms with E-state index in [1.165, 1.54) is 0 Å². The Morgan fingerprint density at radius 3 is 2.94 bits per heavy atom. The second-order valence-electron chi connectivity index (χ2n) is 4.02. The van der Waals surface area contributed by atoms with Crippen LogP contribution < -0.4 is 5.32 Å². The van der Waals surface area contributed by atoms with E-state index in [2.05, 4.69) is 37.0 Å². The Morgan fingerprint density at radius 2 is 2.11 bits per heavy atom. The summed E-state index contributed by atoms with van der Waals surface area (Å²) in [6.45, 7) is 1.97. The number of benzene rings is 1. The first-order valence-electron chi connectivity index (χ1n) is 5.68. The molecule has 2 heterocycles. The smallest absolute Gasteiger partial charge is 0.196 e. The molecule has 0 saturated heterocycles. The lowest BCUT2D eigenvalue weighted by Gasteiger charge is -2.12. The van der Waals surface area contributed by atoms with Crippen molar-refractivity contribution in [1.29, 1.82) is 0 Å². The summed E-state index contributed by atoms with van der Waals surface area (Å²) in [4.78, 5) is 4.36. The second kappa shape index (κ2) is 4.40. The van der Waals surface area contributed by atoms with E-state index in [9.17, 15) is 0 Å². The fraction of sp³-hybridized carbons (Fsp3) is 0.167. The maximum Gasteiger partial charge on any atom is 0.196 e. The van der Waals surface area contributed by atoms with Gasteiger partial charge >= 0.3 is 0 Å². The molecule has 2 N–H and O–H groups in total. The van der Waals surface area contributed by atoms with E-state index in [1.54, 1.807) is 6.20 Å². The van der Waals surface area contributed by atoms with Gasteiger partial charge in [0, 0.05) is 11.6 Å². The van der Waals surface area contributed by atoms with Crippen molar-refractivity contribution in [2.75, 3.05) is 5.32 Å². The molecule has 0 aliphatic heterocycles. The third kappa shape index (κ3) is 1.88. The van der Waals surface area contributed by atoms with Gasteiger partial charge in [-0.2, -0.15) is 5.21 Å². The van der Waals surface area contributed by atoms with E-state index >= 15 is 0 Å². The zero-order chi connectivity index (χ0) is 12.4. The van der Waals surface area contributed by atoms with E-state index < -0.39 is 0 Å². The number of anilines is 1. The summed E-state index contributed by atoms with van der Waals surface area (Å²) in [7, 11) is 0. The predicted octanol–water partition coefficient (Wildman–Crippen LogP) is 1.92. The van der Waals surface area contributed by atoms with Crippen molar-refractivity contribution >= 4 is 16.6 Å². The van der Waals surface area contributed by atoms with Crippen LogP contribution in [0.1, 0.15) is 18.8 Å². The summed E-state index contributed by atoms with van der Waals surface area (Å²) in [6.07, 6.45) is 1.79. The average molecular weight is 240 g/mol. The molecule has 1 aromatic carbocycles. The van der Waals surface area contributed by atoms with Crippen molar-refractivity contribution in [2.45, 2.75) is 13.0 Å². The molecule has 0 aliphatic carbocycles. The summed E-state index contributed by atoms with van der Waals surface area (Å²) in [5, 5.41) is 19.4. The molecule has 3 aromatic rings. The minimum Gasteiger partial charge on any atom is -0.360 e. The van der Waals surface area contributed by atoms with Crippen LogP contribution in [0.5, 0.6) is 0 Å². The zero-order valence-electron chi connectivity index (χ0n) is 9.83. The predicted molar refractivity (Wildman–Crippen MR) is 68.0 cm³/mol. The van der Waals surface area contributed by atoms with Gasteiger partial charge in [0.2, 0.25) is 0 Å². The quantitative estimate of drug-likeness (QED) is 0.731. The summed E-state index contributed by atoms with van der Waals surface area (Å²) in [5.41, 5.74) is 0. The molecule has 3 rings (SSSR count). The van der Waals surface area contributed by atoms with Crippen LogP contribution in [0.3, 0.4) is 0 Å². The largest absolute Gasteiger partial charge is 0.360 e. The number of H-pyrrole nitrogens is 1. The highest BCUT2D eigenvalue weighted by Crippen LogP contribution is 2.23. The van der Waals surface area contributed by atoms with Crippen LogP contribution in [-0.4, -0.2) is 25.6 Å². The van der Waals surface area contributed by atoms with Gasteiger partial charge in [-0.3, -0.25) is 0 Å². The minimum atomic E-state index is -0.0537. The van der Waals surface area contributed by atoms with Crippen LogP contribution in [0.2, 0.25) is 0 Å². The molecular weight excluding hydrogens is 228 g/mol. The topological polar surface area (TPSA) is 79.4 Å². The molecule has 0 aliphatic rings. The molecule has 90 valence electrons. The van der Waals surface area contributed by atoms with Crippen LogP contribution in [0.25, 0.3) is 10.8 Å². The Morgan fingerprint density at radius 1 is 1.22 bits per heavy atom. The molecule has 0 spiro atoms. The molecule has 1 unspecified atom stereocenters. The normalized spacial score (nSPS) is 12.5. The zero-order valence-corrected chi connectivity index (χ0v) is 9.83. The van der Waals surface area contributed by atoms with Gasteiger partial charge in [0.15, 0.2) is 5.82 Å². The number of aromatic nitrogens is 5. The highest BCUT2D eigenvalue weighted by molar-refractivity contribution is 5.91. The van der Waals surface area contributed by atoms with Crippen molar-refractivity contribution in [3.05, 3.63) is 42.4 Å². The van der Waals surface area contributed by atoms with Crippen molar-refractivity contribution < 1.29 is 0 Å². The Labute approximate surface area is 103 Å². The molecule has 0 saturated carbocycles. The minimum absolute atomic E-state index is 0.0537. The lowest BCUT2D eigenvalue weighted by Crippen LogP contribution is -2.10. The van der Waals surface area contributed by atoms with Crippen molar-refractivity contribution in [1.82, 2.24) is 25.6 Å². The van der Waals surface area contributed by atoms with E-state index in [4.69, 9.17) is 0 Å². The molecule has 6 nitrogen and oxygen atoms in total. The molecule has 0 radical (unpaired) electrons. The maximum atomic E-state index is 4.36. The van der Waals surface area contributed by atoms with E-state index in [0.717, 1.165) is 16.6 Å². The number of fused-ring (bicyclic) bond motifs is 1. The summed E-state index contributed by atoms with van der Waals surface area (Å²) in [5.74, 6) is 1.44. The summed E-state index contributed by atoms with van der Waals surface area (Å²) < 4.78 is 0. The fourth-order valence-electron chi connectivity index (χ4n) is 1.86. The number of aromatic amines is 1. The molecule has 18 heavy (non-hydrogen) atoms. The lowest BCUT2D eigenvalue weighted by atomic mass is 10.1. The Balaban J connectivity index is 1.95. The van der Waals surface area contributed by atoms with Crippen LogP contribution in [-0.2, 0) is 0 Å². The van der Waals surface area contributed by atoms with Gasteiger partial charge in [0.05, 0.1) is 6.04 Å². The number of nitrogens with zero attached hydrogens (tertiary/aromatic N) is 4. The van der Waals surface area contributed by atoms with Gasteiger partial charge in [0.25, 0.3) is 0 Å². The lowest BCUT2D eigenvalue weighted by molar-refractivity contribution is 0.789. The molecule has 0 bridgehead atoms. The number of tetrazole rings is 1. The van der Waals surface area contributed by atoms with Gasteiger partial charge in [0.1, 0.15) is 5.82 Å². The average Bonchev–Trinajstić information content (AvgIpc) is 2.93. The Kier molecular flexibility index (Phi) is 2.60. The maximum absolute atomic E-state index is 4.36. The standard InChI is InChI=1S/C12H12N6/c1-8(11-15-17-18-16-11)14-12-10-5-3-2-4-9(10)6-7-13-12/h2-8H,1H3,(H,13,14)(H,15,16,17,18). The van der Waals surface area contributed by atoms with Crippen LogP contribution >= 0.6 is 0 Å². The molecule has 2 aromatic heterocycles. The molecule has 6 heteroatoms. The first-order chi connectivity index (χ1) is 8.84. The van der Waals surface area contributed by atoms with Crippen LogP contribution in [0, 0.1) is 0 Å². The molecule has 0 fully saturated rings. The molecular formula is C12H12N6.